The Morgan fingerprint density at radius 1 is 1.19 bits per heavy atom. The van der Waals surface area contributed by atoms with E-state index in [1.54, 1.807) is 18.4 Å². The Morgan fingerprint density at radius 3 is 2.73 bits per heavy atom. The zero-order valence-electron chi connectivity index (χ0n) is 14.9. The molecule has 2 bridgehead atoms. The number of likely N-dealkylation sites (tertiary alicyclic amines) is 1. The molecule has 4 aliphatic heterocycles. The maximum absolute atomic E-state index is 14.6. The van der Waals surface area contributed by atoms with Crippen molar-refractivity contribution in [1.82, 2.24) is 14.8 Å². The lowest BCUT2D eigenvalue weighted by atomic mass is 9.75. The fourth-order valence-corrected chi connectivity index (χ4v) is 5.49. The average Bonchev–Trinajstić information content (AvgIpc) is 3.24. The van der Waals surface area contributed by atoms with E-state index in [-0.39, 0.29) is 12.0 Å². The molecule has 0 amide bonds. The van der Waals surface area contributed by atoms with Gasteiger partial charge < -0.3 is 4.42 Å². The van der Waals surface area contributed by atoms with Crippen molar-refractivity contribution < 1.29 is 13.2 Å². The molecule has 0 aliphatic carbocycles. The van der Waals surface area contributed by atoms with Crippen LogP contribution in [-0.4, -0.2) is 46.5 Å². The lowest BCUT2D eigenvalue weighted by Gasteiger charge is -2.51. The molecule has 2 aromatic rings. The molecule has 0 spiro atoms. The van der Waals surface area contributed by atoms with Crippen LogP contribution >= 0.6 is 0 Å². The van der Waals surface area contributed by atoms with Crippen molar-refractivity contribution in [3.8, 4) is 0 Å². The van der Waals surface area contributed by atoms with Gasteiger partial charge in [-0.2, -0.15) is 0 Å². The molecule has 26 heavy (non-hydrogen) atoms. The quantitative estimate of drug-likeness (QED) is 0.842. The van der Waals surface area contributed by atoms with Crippen LogP contribution in [0.15, 0.2) is 28.9 Å². The predicted molar refractivity (Wildman–Crippen MR) is 92.6 cm³/mol. The number of fused-ring (bicyclic) bond motifs is 2. The summed E-state index contributed by atoms with van der Waals surface area (Å²) in [6.07, 6.45) is 4.09. The Morgan fingerprint density at radius 2 is 2.00 bits per heavy atom. The van der Waals surface area contributed by atoms with Gasteiger partial charge in [0, 0.05) is 38.0 Å². The Balaban J connectivity index is 1.51. The average molecular weight is 359 g/mol. The van der Waals surface area contributed by atoms with Crippen LogP contribution in [0.25, 0.3) is 0 Å². The van der Waals surface area contributed by atoms with Crippen molar-refractivity contribution in [3.05, 3.63) is 53.2 Å². The van der Waals surface area contributed by atoms with Crippen LogP contribution in [0.2, 0.25) is 0 Å². The van der Waals surface area contributed by atoms with E-state index < -0.39 is 11.6 Å². The number of nitrogens with zero attached hydrogens (tertiary/aromatic N) is 3. The zero-order chi connectivity index (χ0) is 17.8. The highest BCUT2D eigenvalue weighted by Crippen LogP contribution is 2.47. The number of oxazole rings is 1. The maximum Gasteiger partial charge on any atom is 0.191 e. The number of aromatic nitrogens is 1. The minimum atomic E-state index is -0.749. The van der Waals surface area contributed by atoms with Crippen molar-refractivity contribution in [2.45, 2.75) is 44.3 Å². The summed E-state index contributed by atoms with van der Waals surface area (Å²) in [6, 6.07) is 5.22. The van der Waals surface area contributed by atoms with Crippen molar-refractivity contribution in [2.24, 2.45) is 5.92 Å². The van der Waals surface area contributed by atoms with E-state index in [2.05, 4.69) is 14.8 Å². The van der Waals surface area contributed by atoms with Crippen molar-refractivity contribution in [3.63, 3.8) is 0 Å². The van der Waals surface area contributed by atoms with Gasteiger partial charge >= 0.3 is 0 Å². The molecule has 6 rings (SSSR count). The smallest absolute Gasteiger partial charge is 0.191 e. The van der Waals surface area contributed by atoms with Gasteiger partial charge in [0.25, 0.3) is 0 Å². The molecule has 6 heteroatoms. The first-order chi connectivity index (χ1) is 12.6. The number of hydrogen-bond acceptors (Lipinski definition) is 4. The van der Waals surface area contributed by atoms with Gasteiger partial charge in [-0.1, -0.05) is 12.1 Å². The van der Waals surface area contributed by atoms with E-state index in [1.807, 2.05) is 6.92 Å². The summed E-state index contributed by atoms with van der Waals surface area (Å²) in [5.41, 5.74) is 1.43. The Bertz CT molecular complexity index is 815. The lowest BCUT2D eigenvalue weighted by molar-refractivity contribution is -0.00917. The summed E-state index contributed by atoms with van der Waals surface area (Å²) in [5.74, 6) is -0.151. The number of piperidine rings is 3. The highest BCUT2D eigenvalue weighted by molar-refractivity contribution is 5.29. The highest BCUT2D eigenvalue weighted by atomic mass is 19.2. The van der Waals surface area contributed by atoms with E-state index in [0.29, 0.717) is 30.0 Å². The summed E-state index contributed by atoms with van der Waals surface area (Å²) in [4.78, 5) is 9.36. The molecule has 0 radical (unpaired) electrons. The predicted octanol–water partition coefficient (Wildman–Crippen LogP) is 3.32. The Kier molecular flexibility index (Phi) is 3.87. The molecule has 0 unspecified atom stereocenters. The standard InChI is InChI=1S/C20H23F2N3O/c1-12-23-14(11-26-12)9-25-10-16(15-3-2-4-17(21)18(15)22)20-19(25)13-5-7-24(20)8-6-13/h2-4,11,13,16,19-20H,5-10H2,1H3/t16-,19+,20+/m1/s1. The number of rotatable bonds is 3. The molecule has 1 aromatic heterocycles. The van der Waals surface area contributed by atoms with Gasteiger partial charge in [0.15, 0.2) is 17.5 Å². The first kappa shape index (κ1) is 16.4. The van der Waals surface area contributed by atoms with Gasteiger partial charge in [0.2, 0.25) is 0 Å². The number of halogens is 2. The summed E-state index contributed by atoms with van der Waals surface area (Å²) < 4.78 is 33.8. The van der Waals surface area contributed by atoms with Crippen LogP contribution in [0.4, 0.5) is 8.78 Å². The van der Waals surface area contributed by atoms with Crippen LogP contribution in [0.1, 0.15) is 35.9 Å². The zero-order valence-corrected chi connectivity index (χ0v) is 14.9. The Labute approximate surface area is 151 Å². The first-order valence-electron chi connectivity index (χ1n) is 9.45. The Hall–Kier alpha value is -1.79. The first-order valence-corrected chi connectivity index (χ1v) is 9.45. The van der Waals surface area contributed by atoms with Crippen LogP contribution in [0.3, 0.4) is 0 Å². The van der Waals surface area contributed by atoms with Crippen molar-refractivity contribution in [1.29, 1.82) is 0 Å². The summed E-state index contributed by atoms with van der Waals surface area (Å²) >= 11 is 0. The van der Waals surface area contributed by atoms with Gasteiger partial charge in [-0.25, -0.2) is 13.8 Å². The maximum atomic E-state index is 14.6. The van der Waals surface area contributed by atoms with Gasteiger partial charge in [-0.15, -0.1) is 0 Å². The third-order valence-corrected chi connectivity index (χ3v) is 6.51. The van der Waals surface area contributed by atoms with Gasteiger partial charge in [-0.05, 0) is 43.5 Å². The van der Waals surface area contributed by atoms with Gasteiger partial charge in [0.1, 0.15) is 6.26 Å². The second-order valence-corrected chi connectivity index (χ2v) is 7.89. The molecule has 4 fully saturated rings. The topological polar surface area (TPSA) is 32.5 Å². The molecule has 0 saturated carbocycles. The van der Waals surface area contributed by atoms with E-state index in [1.165, 1.54) is 18.9 Å². The van der Waals surface area contributed by atoms with E-state index in [9.17, 15) is 8.78 Å². The largest absolute Gasteiger partial charge is 0.449 e. The monoisotopic (exact) mass is 359 g/mol. The molecular formula is C20H23F2N3O. The van der Waals surface area contributed by atoms with Gasteiger partial charge in [-0.3, -0.25) is 9.80 Å². The summed E-state index contributed by atoms with van der Waals surface area (Å²) in [6.45, 7) is 5.41. The van der Waals surface area contributed by atoms with Gasteiger partial charge in [0.05, 0.1) is 5.69 Å². The number of aryl methyl sites for hydroxylation is 1. The molecule has 5 heterocycles. The summed E-state index contributed by atoms with van der Waals surface area (Å²) in [5, 5.41) is 0. The molecule has 138 valence electrons. The molecule has 3 atom stereocenters. The number of hydrogen-bond donors (Lipinski definition) is 0. The second kappa shape index (κ2) is 6.13. The van der Waals surface area contributed by atoms with Crippen molar-refractivity contribution in [2.75, 3.05) is 19.6 Å². The fraction of sp³-hybridized carbons (Fsp3) is 0.550. The molecule has 4 nitrogen and oxygen atoms in total. The van der Waals surface area contributed by atoms with Crippen LogP contribution in [0.5, 0.6) is 0 Å². The molecule has 0 N–H and O–H groups in total. The lowest BCUT2D eigenvalue weighted by Crippen LogP contribution is -2.60. The highest BCUT2D eigenvalue weighted by Gasteiger charge is 2.53. The normalized spacial score (nSPS) is 33.6. The molecule has 4 aliphatic rings. The number of benzene rings is 1. The third kappa shape index (κ3) is 2.50. The van der Waals surface area contributed by atoms with Crippen LogP contribution in [-0.2, 0) is 6.54 Å². The summed E-state index contributed by atoms with van der Waals surface area (Å²) in [7, 11) is 0. The van der Waals surface area contributed by atoms with E-state index in [4.69, 9.17) is 4.42 Å². The molecular weight excluding hydrogens is 336 g/mol. The minimum Gasteiger partial charge on any atom is -0.449 e. The molecule has 1 aromatic carbocycles. The minimum absolute atomic E-state index is 0.00759. The van der Waals surface area contributed by atoms with Crippen LogP contribution in [0, 0.1) is 24.5 Å². The van der Waals surface area contributed by atoms with E-state index >= 15 is 0 Å². The second-order valence-electron chi connectivity index (χ2n) is 7.89. The van der Waals surface area contributed by atoms with Crippen molar-refractivity contribution >= 4 is 0 Å². The fourth-order valence-electron chi connectivity index (χ4n) is 5.49. The van der Waals surface area contributed by atoms with Crippen LogP contribution < -0.4 is 0 Å². The SMILES string of the molecule is Cc1nc(CN2C[C@H](c3cccc(F)c3F)[C@H]3[C@@H]2C2CCN3CC2)co1. The third-order valence-electron chi connectivity index (χ3n) is 6.51. The van der Waals surface area contributed by atoms with E-state index in [0.717, 1.165) is 25.3 Å². The molecule has 4 saturated heterocycles.